The molecule has 0 amide bonds. The van der Waals surface area contributed by atoms with Gasteiger partial charge in [0.05, 0.1) is 47.6 Å². The van der Waals surface area contributed by atoms with Crippen molar-refractivity contribution in [2.45, 2.75) is 181 Å². The van der Waals surface area contributed by atoms with Crippen LogP contribution in [-0.2, 0) is 38.0 Å². The van der Waals surface area contributed by atoms with Crippen LogP contribution in [0.3, 0.4) is 0 Å². The first-order valence-corrected chi connectivity index (χ1v) is 19.3. The Bertz CT molecular complexity index is 1170. The summed E-state index contributed by atoms with van der Waals surface area (Å²) in [4.78, 5) is 30.1. The lowest BCUT2D eigenvalue weighted by Gasteiger charge is -2.49. The van der Waals surface area contributed by atoms with E-state index in [1.807, 2.05) is 39.8 Å². The Morgan fingerprint density at radius 2 is 1.52 bits per heavy atom. The minimum absolute atomic E-state index is 0.0486. The molecule has 3 unspecified atom stereocenters. The van der Waals surface area contributed by atoms with Gasteiger partial charge < -0.3 is 53.7 Å². The number of methoxy groups -OCH3 is 1. The van der Waals surface area contributed by atoms with E-state index >= 15 is 0 Å². The van der Waals surface area contributed by atoms with E-state index in [4.69, 9.17) is 28.4 Å². The summed E-state index contributed by atoms with van der Waals surface area (Å²) >= 11 is 0. The number of carbonyl (C=O) groups is 2. The Labute approximate surface area is 312 Å². The third-order valence-electron chi connectivity index (χ3n) is 12.5. The SMILES string of the molecule is CCC(C)C1OC(=O)[C@H](C)C(O[C@H]2C[C@@](C)(OC)[C@@H](O)[C@H](C)O2)[C@H](C)[C@@H](O[C@@H]2O[C@H](C)C[C@H](N(C)C)[C@H]2O)[C@](C)(O)C[C@@H](C)C(=O)[C@H](C)[C@@H](O)[C@H]1C. The number of hydrogen-bond acceptors (Lipinski definition) is 13. The third kappa shape index (κ3) is 9.94. The molecule has 3 fully saturated rings. The second-order valence-corrected chi connectivity index (χ2v) is 17.1. The summed E-state index contributed by atoms with van der Waals surface area (Å²) < 4.78 is 37.7. The van der Waals surface area contributed by atoms with E-state index in [1.54, 1.807) is 55.4 Å². The number of aliphatic hydroxyl groups is 4. The van der Waals surface area contributed by atoms with Crippen LogP contribution in [0.15, 0.2) is 0 Å². The van der Waals surface area contributed by atoms with Crippen molar-refractivity contribution < 1.29 is 58.4 Å². The van der Waals surface area contributed by atoms with Crippen molar-refractivity contribution in [3.63, 3.8) is 0 Å². The van der Waals surface area contributed by atoms with Crippen LogP contribution in [0.4, 0.5) is 0 Å². The lowest BCUT2D eigenvalue weighted by Crippen LogP contribution is -2.60. The maximum atomic E-state index is 14.3. The van der Waals surface area contributed by atoms with Gasteiger partial charge in [-0.15, -0.1) is 0 Å². The molecule has 0 saturated carbocycles. The number of esters is 1. The molecule has 0 aromatic carbocycles. The van der Waals surface area contributed by atoms with Crippen LogP contribution in [-0.4, -0.2) is 137 Å². The summed E-state index contributed by atoms with van der Waals surface area (Å²) in [7, 11) is 5.24. The summed E-state index contributed by atoms with van der Waals surface area (Å²) in [5.74, 6) is -4.77. The van der Waals surface area contributed by atoms with Crippen molar-refractivity contribution in [3.8, 4) is 0 Å². The zero-order valence-corrected chi connectivity index (χ0v) is 34.1. The number of nitrogens with zero attached hydrogens (tertiary/aromatic N) is 1. The molecule has 0 spiro atoms. The van der Waals surface area contributed by atoms with Gasteiger partial charge in [-0.2, -0.15) is 0 Å². The average Bonchev–Trinajstić information content (AvgIpc) is 3.08. The number of ether oxygens (including phenoxy) is 6. The lowest BCUT2D eigenvalue weighted by molar-refractivity contribution is -0.317. The van der Waals surface area contributed by atoms with Crippen molar-refractivity contribution in [1.29, 1.82) is 0 Å². The standard InChI is InChI=1S/C39H71NO12/c1-15-19(2)32-23(6)30(42)22(5)29(41)20(3)17-38(10,46)35(52-37-31(43)27(40(12)13)16-21(4)48-37)24(7)33(25(8)36(45)51-32)50-28-18-39(11,47-14)34(44)26(9)49-28/h19-28,30-35,37,42-44,46H,15-18H2,1-14H3/t19?,20-,21-,22+,23-,24+,25-,26+,27+,28+,30-,31-,32?,33?,34+,35-,37+,38-,39-/m1/s1. The van der Waals surface area contributed by atoms with Crippen molar-refractivity contribution in [2.75, 3.05) is 21.2 Å². The van der Waals surface area contributed by atoms with E-state index < -0.39 is 102 Å². The molecule has 52 heavy (non-hydrogen) atoms. The maximum absolute atomic E-state index is 14.3. The highest BCUT2D eigenvalue weighted by Crippen LogP contribution is 2.40. The molecule has 4 N–H and O–H groups in total. The highest BCUT2D eigenvalue weighted by molar-refractivity contribution is 5.83. The molecule has 3 aliphatic heterocycles. The summed E-state index contributed by atoms with van der Waals surface area (Å²) in [6.45, 7) is 19.6. The normalized spacial score (nSPS) is 48.2. The highest BCUT2D eigenvalue weighted by Gasteiger charge is 2.52. The molecule has 0 bridgehead atoms. The van der Waals surface area contributed by atoms with Gasteiger partial charge >= 0.3 is 5.97 Å². The second kappa shape index (κ2) is 18.1. The maximum Gasteiger partial charge on any atom is 0.311 e. The minimum Gasteiger partial charge on any atom is -0.461 e. The van der Waals surface area contributed by atoms with Gasteiger partial charge in [0.1, 0.15) is 24.1 Å². The number of likely N-dealkylation sites (N-methyl/N-ethyl adjacent to an activating group) is 1. The first-order chi connectivity index (χ1) is 24.0. The van der Waals surface area contributed by atoms with E-state index in [2.05, 4.69) is 0 Å². The molecule has 3 rings (SSSR count). The molecule has 0 aliphatic carbocycles. The number of cyclic esters (lactones) is 1. The summed E-state index contributed by atoms with van der Waals surface area (Å²) in [5.41, 5.74) is -2.75. The predicted molar refractivity (Wildman–Crippen MR) is 194 cm³/mol. The number of aliphatic hydroxyl groups excluding tert-OH is 3. The van der Waals surface area contributed by atoms with E-state index in [0.29, 0.717) is 12.8 Å². The molecule has 19 atom stereocenters. The fourth-order valence-corrected chi connectivity index (χ4v) is 8.73. The number of Topliss-reactive ketones (excluding diaryl/α,β-unsaturated/α-hetero) is 1. The molecular weight excluding hydrogens is 674 g/mol. The van der Waals surface area contributed by atoms with Gasteiger partial charge in [0, 0.05) is 43.2 Å². The van der Waals surface area contributed by atoms with Crippen molar-refractivity contribution in [2.24, 2.45) is 35.5 Å². The van der Waals surface area contributed by atoms with Crippen molar-refractivity contribution in [3.05, 3.63) is 0 Å². The average molecular weight is 746 g/mol. The number of carbonyl (C=O) groups excluding carboxylic acids is 2. The van der Waals surface area contributed by atoms with Crippen LogP contribution in [0, 0.1) is 35.5 Å². The van der Waals surface area contributed by atoms with Crippen LogP contribution in [0.25, 0.3) is 0 Å². The van der Waals surface area contributed by atoms with Gasteiger partial charge in [-0.1, -0.05) is 48.0 Å². The molecular formula is C39H71NO12. The molecule has 3 heterocycles. The van der Waals surface area contributed by atoms with Gasteiger partial charge in [-0.25, -0.2) is 0 Å². The Hall–Kier alpha value is -1.26. The van der Waals surface area contributed by atoms with Gasteiger partial charge in [-0.3, -0.25) is 9.59 Å². The monoisotopic (exact) mass is 745 g/mol. The van der Waals surface area contributed by atoms with E-state index in [0.717, 1.165) is 0 Å². The van der Waals surface area contributed by atoms with Gasteiger partial charge in [-0.05, 0) is 67.5 Å². The fraction of sp³-hybridized carbons (Fsp3) is 0.949. The minimum atomic E-state index is -1.73. The predicted octanol–water partition coefficient (Wildman–Crippen LogP) is 3.31. The van der Waals surface area contributed by atoms with Crippen LogP contribution >= 0.6 is 0 Å². The molecule has 304 valence electrons. The molecule has 0 radical (unpaired) electrons. The van der Waals surface area contributed by atoms with Crippen LogP contribution < -0.4 is 0 Å². The Morgan fingerprint density at radius 3 is 2.08 bits per heavy atom. The lowest BCUT2D eigenvalue weighted by atomic mass is 9.74. The topological polar surface area (TPSA) is 174 Å². The summed E-state index contributed by atoms with van der Waals surface area (Å²) in [6, 6.07) is -0.300. The van der Waals surface area contributed by atoms with Crippen LogP contribution in [0.2, 0.25) is 0 Å². The Morgan fingerprint density at radius 1 is 0.904 bits per heavy atom. The fourth-order valence-electron chi connectivity index (χ4n) is 8.73. The number of hydrogen-bond donors (Lipinski definition) is 4. The molecule has 0 aromatic rings. The quantitative estimate of drug-likeness (QED) is 0.267. The van der Waals surface area contributed by atoms with Gasteiger partial charge in [0.25, 0.3) is 0 Å². The number of rotatable bonds is 8. The van der Waals surface area contributed by atoms with E-state index in [1.165, 1.54) is 7.11 Å². The number of ketones is 1. The summed E-state index contributed by atoms with van der Waals surface area (Å²) in [6.07, 6.45) is -7.73. The van der Waals surface area contributed by atoms with E-state index in [9.17, 15) is 30.0 Å². The molecule has 13 heteroatoms. The zero-order valence-electron chi connectivity index (χ0n) is 34.1. The first kappa shape index (κ1) is 45.1. The highest BCUT2D eigenvalue weighted by atomic mass is 16.7. The Kier molecular flexibility index (Phi) is 15.7. The molecule has 3 aliphatic rings. The smallest absolute Gasteiger partial charge is 0.311 e. The third-order valence-corrected chi connectivity index (χ3v) is 12.5. The van der Waals surface area contributed by atoms with E-state index in [-0.39, 0.29) is 36.7 Å². The largest absolute Gasteiger partial charge is 0.461 e. The second-order valence-electron chi connectivity index (χ2n) is 17.1. The molecule has 0 aromatic heterocycles. The first-order valence-electron chi connectivity index (χ1n) is 19.3. The van der Waals surface area contributed by atoms with Crippen LogP contribution in [0.1, 0.15) is 102 Å². The van der Waals surface area contributed by atoms with Crippen molar-refractivity contribution >= 4 is 11.8 Å². The van der Waals surface area contributed by atoms with Crippen LogP contribution in [0.5, 0.6) is 0 Å². The van der Waals surface area contributed by atoms with Gasteiger partial charge in [0.15, 0.2) is 12.6 Å². The zero-order chi connectivity index (χ0) is 39.6. The van der Waals surface area contributed by atoms with Crippen molar-refractivity contribution in [1.82, 2.24) is 4.90 Å². The molecule has 3 saturated heterocycles. The molecule has 13 nitrogen and oxygen atoms in total. The van der Waals surface area contributed by atoms with Gasteiger partial charge in [0.2, 0.25) is 0 Å². The Balaban J connectivity index is 2.19. The summed E-state index contributed by atoms with van der Waals surface area (Å²) in [5, 5.41) is 46.4.